The molecule has 14 nitrogen and oxygen atoms in total. The molecular weight excluding hydrogens is 789 g/mol. The van der Waals surface area contributed by atoms with E-state index >= 15 is 0 Å². The molecule has 3 aromatic carbocycles. The van der Waals surface area contributed by atoms with Gasteiger partial charge in [-0.25, -0.2) is 18.2 Å². The minimum atomic E-state index is -3.57. The Morgan fingerprint density at radius 3 is 2.59 bits per heavy atom. The molecule has 2 aliphatic rings. The van der Waals surface area contributed by atoms with Crippen LogP contribution in [0.15, 0.2) is 83.3 Å². The van der Waals surface area contributed by atoms with E-state index in [1.165, 1.54) is 23.0 Å². The number of piperidine rings is 1. The fraction of sp³-hybridized carbons (Fsp3) is 0.349. The Morgan fingerprint density at radius 1 is 1.00 bits per heavy atom. The zero-order valence-electron chi connectivity index (χ0n) is 33.3. The van der Waals surface area contributed by atoms with Crippen molar-refractivity contribution in [3.63, 3.8) is 0 Å². The molecule has 0 atom stereocenters. The number of amides is 5. The van der Waals surface area contributed by atoms with Crippen LogP contribution in [0.4, 0.5) is 21.3 Å². The fourth-order valence-electron chi connectivity index (χ4n) is 7.37. The van der Waals surface area contributed by atoms with Gasteiger partial charge in [0.05, 0.1) is 34.3 Å². The molecule has 4 heterocycles. The lowest BCUT2D eigenvalue weighted by Crippen LogP contribution is -2.49. The lowest BCUT2D eigenvalue weighted by Gasteiger charge is -2.34. The highest BCUT2D eigenvalue weighted by molar-refractivity contribution is 7.92. The number of anilines is 3. The molecule has 5 aromatic rings. The van der Waals surface area contributed by atoms with Gasteiger partial charge in [-0.1, -0.05) is 30.3 Å². The van der Waals surface area contributed by atoms with Gasteiger partial charge in [0.25, 0.3) is 5.91 Å². The van der Waals surface area contributed by atoms with E-state index in [1.54, 1.807) is 44.0 Å². The molecule has 0 saturated carbocycles. The van der Waals surface area contributed by atoms with E-state index in [2.05, 4.69) is 60.4 Å². The number of fused-ring (bicyclic) bond motifs is 1. The number of nitrogens with zero attached hydrogens (tertiary/aromatic N) is 4. The summed E-state index contributed by atoms with van der Waals surface area (Å²) in [4.78, 5) is 62.6. The highest BCUT2D eigenvalue weighted by Gasteiger charge is 2.26. The minimum Gasteiger partial charge on any atom is -0.371 e. The Bertz CT molecular complexity index is 2500. The van der Waals surface area contributed by atoms with Crippen molar-refractivity contribution in [2.45, 2.75) is 69.1 Å². The summed E-state index contributed by atoms with van der Waals surface area (Å²) in [6.07, 6.45) is 7.71. The molecule has 2 fully saturated rings. The minimum absolute atomic E-state index is 0.107. The van der Waals surface area contributed by atoms with Crippen molar-refractivity contribution in [2.75, 3.05) is 47.8 Å². The zero-order chi connectivity index (χ0) is 41.7. The molecule has 0 aliphatic carbocycles. The van der Waals surface area contributed by atoms with Gasteiger partial charge in [-0.05, 0) is 94.5 Å². The van der Waals surface area contributed by atoms with Crippen molar-refractivity contribution in [3.05, 3.63) is 95.1 Å². The predicted octanol–water partition coefficient (Wildman–Crippen LogP) is 5.85. The van der Waals surface area contributed by atoms with Crippen LogP contribution in [0.5, 0.6) is 0 Å². The first kappa shape index (κ1) is 41.4. The van der Waals surface area contributed by atoms with E-state index < -0.39 is 32.9 Å². The lowest BCUT2D eigenvalue weighted by molar-refractivity contribution is -0.120. The third-order valence-electron chi connectivity index (χ3n) is 10.8. The Balaban J connectivity index is 0.850. The highest BCUT2D eigenvalue weighted by Crippen LogP contribution is 2.31. The van der Waals surface area contributed by atoms with E-state index in [4.69, 9.17) is 0 Å². The van der Waals surface area contributed by atoms with Gasteiger partial charge in [0.15, 0.2) is 15.0 Å². The molecule has 2 aliphatic heterocycles. The molecule has 59 heavy (non-hydrogen) atoms. The van der Waals surface area contributed by atoms with Gasteiger partial charge in [-0.3, -0.25) is 29.6 Å². The van der Waals surface area contributed by atoms with Crippen LogP contribution < -0.4 is 31.1 Å². The van der Waals surface area contributed by atoms with Crippen molar-refractivity contribution in [1.29, 1.82) is 0 Å². The maximum Gasteiger partial charge on any atom is 0.328 e. The summed E-state index contributed by atoms with van der Waals surface area (Å²) in [5.41, 5.74) is 5.43. The van der Waals surface area contributed by atoms with Crippen molar-refractivity contribution < 1.29 is 27.6 Å². The zero-order valence-corrected chi connectivity index (χ0v) is 34.9. The Morgan fingerprint density at radius 2 is 1.81 bits per heavy atom. The Labute approximate surface area is 347 Å². The molecule has 2 saturated heterocycles. The highest BCUT2D eigenvalue weighted by atomic mass is 32.2. The summed E-state index contributed by atoms with van der Waals surface area (Å²) in [5, 5.41) is 15.0. The van der Waals surface area contributed by atoms with Crippen molar-refractivity contribution in [3.8, 4) is 11.3 Å². The number of imide groups is 1. The second kappa shape index (κ2) is 18.1. The number of urea groups is 1. The first-order valence-electron chi connectivity index (χ1n) is 19.8. The number of carbonyl (C=O) groups excluding carboxylic acids is 4. The van der Waals surface area contributed by atoms with Crippen LogP contribution in [0.25, 0.3) is 22.0 Å². The average molecular weight is 837 g/mol. The normalized spacial score (nSPS) is 15.1. The number of rotatable bonds is 14. The largest absolute Gasteiger partial charge is 0.371 e. The van der Waals surface area contributed by atoms with E-state index in [9.17, 15) is 27.6 Å². The number of aromatic nitrogens is 2. The number of nitrogens with one attached hydrogen (secondary N) is 4. The smallest absolute Gasteiger partial charge is 0.328 e. The second-order valence-electron chi connectivity index (χ2n) is 15.2. The van der Waals surface area contributed by atoms with E-state index in [1.807, 2.05) is 29.8 Å². The van der Waals surface area contributed by atoms with E-state index in [-0.39, 0.29) is 29.3 Å². The van der Waals surface area contributed by atoms with Gasteiger partial charge in [-0.15, -0.1) is 11.3 Å². The number of sulfone groups is 1. The number of pyridine rings is 1. The molecule has 16 heteroatoms. The number of aryl methyl sites for hydroxylation is 2. The summed E-state index contributed by atoms with van der Waals surface area (Å²) in [6.45, 7) is 7.66. The number of carbonyl (C=O) groups is 4. The first-order chi connectivity index (χ1) is 28.3. The summed E-state index contributed by atoms with van der Waals surface area (Å²) < 4.78 is 25.5. The molecule has 308 valence electrons. The third kappa shape index (κ3) is 9.78. The molecule has 7 rings (SSSR count). The molecular formula is C43H48N8O6S2. The van der Waals surface area contributed by atoms with Gasteiger partial charge >= 0.3 is 6.03 Å². The number of hydrogen-bond acceptors (Lipinski definition) is 11. The van der Waals surface area contributed by atoms with E-state index in [0.29, 0.717) is 29.0 Å². The molecule has 5 amide bonds. The van der Waals surface area contributed by atoms with Crippen LogP contribution >= 0.6 is 11.3 Å². The average Bonchev–Trinajstić information content (AvgIpc) is 3.70. The van der Waals surface area contributed by atoms with Crippen LogP contribution in [0.3, 0.4) is 0 Å². The topological polar surface area (TPSA) is 183 Å². The summed E-state index contributed by atoms with van der Waals surface area (Å²) in [7, 11) is -3.57. The Hall–Kier alpha value is -5.71. The number of thiazole rings is 1. The van der Waals surface area contributed by atoms with Gasteiger partial charge < -0.3 is 20.9 Å². The summed E-state index contributed by atoms with van der Waals surface area (Å²) in [6, 6.07) is 19.0. The molecule has 4 N–H and O–H groups in total. The number of hydrogen-bond donors (Lipinski definition) is 4. The number of benzene rings is 3. The second-order valence-corrected chi connectivity index (χ2v) is 18.5. The van der Waals surface area contributed by atoms with Crippen LogP contribution in [0, 0.1) is 6.92 Å². The van der Waals surface area contributed by atoms with Gasteiger partial charge in [0.1, 0.15) is 0 Å². The standard InChI is InChI=1S/C43H48N8O6S2/c1-27(2)59(56,57)38-22-31(11-9-28(38)3)41(54)46-25-40(53)48-42-47-36(26-58-42)30-7-4-8-34(21-30)50-17-13-33(14-18-50)45-16-5-6-29-10-12-35-32(20-29)23-44-24-37(35)51-19-15-39(52)49-43(51)55/h4,7-12,20-24,26-27,33,45H,5-6,13-19,25H2,1-3H3,(H,46,54)(H,47,48,53)(H,49,52,55). The Kier molecular flexibility index (Phi) is 12.7. The molecule has 2 aromatic heterocycles. The van der Waals surface area contributed by atoms with Crippen LogP contribution in [-0.4, -0.2) is 86.2 Å². The van der Waals surface area contributed by atoms with Crippen molar-refractivity contribution in [1.82, 2.24) is 25.9 Å². The summed E-state index contributed by atoms with van der Waals surface area (Å²) in [5.74, 6) is -1.25. The molecule has 0 radical (unpaired) electrons. The van der Waals surface area contributed by atoms with Gasteiger partial charge in [0.2, 0.25) is 11.8 Å². The maximum absolute atomic E-state index is 12.8. The van der Waals surface area contributed by atoms with Crippen molar-refractivity contribution >= 4 is 72.2 Å². The van der Waals surface area contributed by atoms with E-state index in [0.717, 1.165) is 73.0 Å². The van der Waals surface area contributed by atoms with Crippen LogP contribution in [-0.2, 0) is 25.8 Å². The lowest BCUT2D eigenvalue weighted by atomic mass is 10.0. The van der Waals surface area contributed by atoms with Crippen molar-refractivity contribution in [2.24, 2.45) is 0 Å². The summed E-state index contributed by atoms with van der Waals surface area (Å²) >= 11 is 1.30. The quantitative estimate of drug-likeness (QED) is 0.0990. The van der Waals surface area contributed by atoms with Gasteiger partial charge in [-0.2, -0.15) is 0 Å². The third-order valence-corrected chi connectivity index (χ3v) is 13.8. The van der Waals surface area contributed by atoms with Gasteiger partial charge in [0, 0.05) is 71.3 Å². The van der Waals surface area contributed by atoms with Crippen LogP contribution in [0.2, 0.25) is 0 Å². The monoisotopic (exact) mass is 836 g/mol. The van der Waals surface area contributed by atoms with Crippen LogP contribution in [0.1, 0.15) is 61.0 Å². The molecule has 0 unspecified atom stereocenters. The first-order valence-corrected chi connectivity index (χ1v) is 22.2. The SMILES string of the molecule is Cc1ccc(C(=O)NCC(=O)Nc2nc(-c3cccc(N4CCC(NCCCc5ccc6c(N7CCC(=O)NC7=O)cncc6c5)CC4)c3)cs2)cc1S(=O)(=O)C(C)C. The molecule has 0 bridgehead atoms. The molecule has 0 spiro atoms. The fourth-order valence-corrected chi connectivity index (χ4v) is 9.42. The maximum atomic E-state index is 12.8. The predicted molar refractivity (Wildman–Crippen MR) is 231 cm³/mol.